The number of carbonyl (C=O) groups is 2. The Morgan fingerprint density at radius 2 is 1.78 bits per heavy atom. The van der Waals surface area contributed by atoms with Gasteiger partial charge in [-0.25, -0.2) is 17.6 Å². The van der Waals surface area contributed by atoms with Crippen molar-refractivity contribution in [2.75, 3.05) is 6.54 Å². The number of nitrogens with two attached hydrogens (primary N) is 1. The monoisotopic (exact) mass is 502 g/mol. The van der Waals surface area contributed by atoms with Crippen molar-refractivity contribution in [3.63, 3.8) is 0 Å². The zero-order valence-electron chi connectivity index (χ0n) is 18.9. The van der Waals surface area contributed by atoms with Crippen molar-refractivity contribution < 1.29 is 27.2 Å². The van der Waals surface area contributed by atoms with Crippen molar-refractivity contribution >= 4 is 11.8 Å². The number of fused-ring (bicyclic) bond motifs is 1. The summed E-state index contributed by atoms with van der Waals surface area (Å²) in [6, 6.07) is 8.40. The third kappa shape index (κ3) is 5.37. The number of hydrogen-bond donors (Lipinski definition) is 2. The number of amides is 2. The lowest BCUT2D eigenvalue weighted by atomic mass is 10.0. The Bertz CT molecular complexity index is 1310. The second-order valence-electron chi connectivity index (χ2n) is 8.17. The highest BCUT2D eigenvalue weighted by molar-refractivity contribution is 5.88. The molecule has 8 nitrogen and oxygen atoms in total. The molecule has 2 amide bonds. The summed E-state index contributed by atoms with van der Waals surface area (Å²) in [6.07, 6.45) is 0.781. The lowest BCUT2D eigenvalue weighted by Gasteiger charge is -2.27. The number of benzene rings is 2. The van der Waals surface area contributed by atoms with Crippen LogP contribution in [-0.4, -0.2) is 38.0 Å². The first-order chi connectivity index (χ1) is 17.3. The molecule has 188 valence electrons. The fourth-order valence-electron chi connectivity index (χ4n) is 3.94. The summed E-state index contributed by atoms with van der Waals surface area (Å²) in [6.45, 7) is -0.246. The topological polar surface area (TPSA) is 106 Å². The average Bonchev–Trinajstić information content (AvgIpc) is 3.28. The largest absolute Gasteiger partial charge is 0.373 e. The molecule has 0 aliphatic carbocycles. The highest BCUT2D eigenvalue weighted by Crippen LogP contribution is 2.21. The lowest BCUT2D eigenvalue weighted by molar-refractivity contribution is -0.127. The highest BCUT2D eigenvalue weighted by Gasteiger charge is 2.25. The summed E-state index contributed by atoms with van der Waals surface area (Å²) in [5.41, 5.74) is 5.87. The number of nitrogens with one attached hydrogen (secondary N) is 1. The second-order valence-corrected chi connectivity index (χ2v) is 8.17. The minimum atomic E-state index is -1.35. The van der Waals surface area contributed by atoms with Crippen LogP contribution >= 0.6 is 0 Å². The van der Waals surface area contributed by atoms with E-state index in [1.54, 1.807) is 34.9 Å². The molecule has 0 radical (unpaired) electrons. The highest BCUT2D eigenvalue weighted by atomic mass is 19.2. The molecule has 3 aromatic rings. The zero-order chi connectivity index (χ0) is 25.8. The van der Waals surface area contributed by atoms with E-state index in [1.165, 1.54) is 4.90 Å². The van der Waals surface area contributed by atoms with Gasteiger partial charge in [0.25, 0.3) is 0 Å². The van der Waals surface area contributed by atoms with E-state index in [0.717, 1.165) is 6.08 Å². The number of rotatable bonds is 8. The summed E-state index contributed by atoms with van der Waals surface area (Å²) in [7, 11) is 0. The van der Waals surface area contributed by atoms with E-state index in [0.29, 0.717) is 23.5 Å². The molecule has 1 aliphatic rings. The van der Waals surface area contributed by atoms with E-state index in [4.69, 9.17) is 5.73 Å². The van der Waals surface area contributed by atoms with E-state index in [2.05, 4.69) is 15.5 Å². The number of carbonyl (C=O) groups excluding carboxylic acids is 2. The van der Waals surface area contributed by atoms with Crippen molar-refractivity contribution in [2.45, 2.75) is 32.2 Å². The van der Waals surface area contributed by atoms with Crippen LogP contribution in [0.4, 0.5) is 17.6 Å². The fourth-order valence-corrected chi connectivity index (χ4v) is 3.94. The molecule has 3 N–H and O–H groups in total. The molecule has 0 saturated carbocycles. The normalized spacial score (nSPS) is 14.3. The summed E-state index contributed by atoms with van der Waals surface area (Å²) in [5, 5.41) is 10.5. The summed E-state index contributed by atoms with van der Waals surface area (Å²) in [4.78, 5) is 26.7. The first-order valence-corrected chi connectivity index (χ1v) is 11.0. The van der Waals surface area contributed by atoms with Crippen LogP contribution < -0.4 is 11.1 Å². The standard InChI is InChI=1S/C24H22F4N6O2/c25-12-20-31-32-21-13-33(6-7-34(20)21)22(35)10-16(8-15-9-18(27)19(28)11-17(15)26)30-23(24(29)36)14-4-2-1-3-5-14/h1-5,9-11,23,30H,6-8,12-13H2,(H2,29,36)/b16-10-/t23-/m0/s1. The molecule has 2 aromatic carbocycles. The predicted molar refractivity (Wildman–Crippen MR) is 120 cm³/mol. The van der Waals surface area contributed by atoms with Gasteiger partial charge in [0.15, 0.2) is 23.3 Å². The SMILES string of the molecule is NC(=O)[C@@H](N/C(=C\C(=O)N1CCn2c(CF)nnc2C1)Cc1cc(F)c(F)cc1F)c1ccccc1. The molecule has 0 saturated heterocycles. The molecule has 0 spiro atoms. The molecule has 4 rings (SSSR count). The maximum absolute atomic E-state index is 14.4. The first-order valence-electron chi connectivity index (χ1n) is 11.0. The van der Waals surface area contributed by atoms with Crippen LogP contribution in [0.1, 0.15) is 28.8 Å². The van der Waals surface area contributed by atoms with Crippen LogP contribution in [0.2, 0.25) is 0 Å². The van der Waals surface area contributed by atoms with Crippen LogP contribution in [0.25, 0.3) is 0 Å². The van der Waals surface area contributed by atoms with E-state index < -0.39 is 42.0 Å². The number of hydrogen-bond acceptors (Lipinski definition) is 5. The van der Waals surface area contributed by atoms with Crippen molar-refractivity contribution in [1.82, 2.24) is 25.0 Å². The van der Waals surface area contributed by atoms with E-state index in [1.807, 2.05) is 0 Å². The van der Waals surface area contributed by atoms with Gasteiger partial charge in [-0.1, -0.05) is 30.3 Å². The van der Waals surface area contributed by atoms with Gasteiger partial charge in [-0.05, 0) is 17.2 Å². The Morgan fingerprint density at radius 1 is 1.06 bits per heavy atom. The Morgan fingerprint density at radius 3 is 2.47 bits per heavy atom. The zero-order valence-corrected chi connectivity index (χ0v) is 18.9. The summed E-state index contributed by atoms with van der Waals surface area (Å²) < 4.78 is 56.3. The van der Waals surface area contributed by atoms with Crippen LogP contribution in [-0.2, 0) is 35.8 Å². The van der Waals surface area contributed by atoms with Gasteiger partial charge in [0.05, 0.1) is 6.54 Å². The number of primary amides is 1. The van der Waals surface area contributed by atoms with E-state index >= 15 is 0 Å². The molecule has 0 unspecified atom stereocenters. The number of allylic oxidation sites excluding steroid dienone is 1. The predicted octanol–water partition coefficient (Wildman–Crippen LogP) is 2.45. The second kappa shape index (κ2) is 10.6. The summed E-state index contributed by atoms with van der Waals surface area (Å²) >= 11 is 0. The third-order valence-electron chi connectivity index (χ3n) is 5.78. The van der Waals surface area contributed by atoms with Gasteiger partial charge in [-0.15, -0.1) is 10.2 Å². The number of aromatic nitrogens is 3. The van der Waals surface area contributed by atoms with Gasteiger partial charge in [0, 0.05) is 37.3 Å². The van der Waals surface area contributed by atoms with Crippen molar-refractivity contribution in [3.05, 3.63) is 94.5 Å². The smallest absolute Gasteiger partial charge is 0.248 e. The van der Waals surface area contributed by atoms with Gasteiger partial charge in [0.2, 0.25) is 11.8 Å². The Hall–Kier alpha value is -4.22. The molecule has 0 fully saturated rings. The number of nitrogens with zero attached hydrogens (tertiary/aromatic N) is 4. The number of halogens is 4. The maximum atomic E-state index is 14.4. The van der Waals surface area contributed by atoms with Crippen molar-refractivity contribution in [3.8, 4) is 0 Å². The molecule has 1 atom stereocenters. The van der Waals surface area contributed by atoms with Crippen molar-refractivity contribution in [2.24, 2.45) is 5.73 Å². The molecule has 36 heavy (non-hydrogen) atoms. The first kappa shape index (κ1) is 24.9. The van der Waals surface area contributed by atoms with Gasteiger partial charge in [-0.3, -0.25) is 9.59 Å². The summed E-state index contributed by atoms with van der Waals surface area (Å²) in [5.74, 6) is -4.36. The molecular formula is C24H22F4N6O2. The molecular weight excluding hydrogens is 480 g/mol. The van der Waals surface area contributed by atoms with Crippen LogP contribution in [0.3, 0.4) is 0 Å². The Labute approximate surface area is 203 Å². The Balaban J connectivity index is 1.64. The van der Waals surface area contributed by atoms with Crippen LogP contribution in [0, 0.1) is 17.5 Å². The maximum Gasteiger partial charge on any atom is 0.248 e. The van der Waals surface area contributed by atoms with Gasteiger partial charge in [-0.2, -0.15) is 0 Å². The molecule has 0 bridgehead atoms. The minimum Gasteiger partial charge on any atom is -0.373 e. The molecule has 1 aliphatic heterocycles. The number of alkyl halides is 1. The molecule has 2 heterocycles. The minimum absolute atomic E-state index is 0.0487. The van der Waals surface area contributed by atoms with Gasteiger partial charge < -0.3 is 20.5 Å². The Kier molecular flexibility index (Phi) is 7.32. The molecule has 12 heteroatoms. The van der Waals surface area contributed by atoms with Crippen LogP contribution in [0.5, 0.6) is 0 Å². The average molecular weight is 502 g/mol. The van der Waals surface area contributed by atoms with Crippen LogP contribution in [0.15, 0.2) is 54.2 Å². The quantitative estimate of drug-likeness (QED) is 0.280. The fraction of sp³-hybridized carbons (Fsp3) is 0.250. The molecule has 1 aromatic heterocycles. The lowest BCUT2D eigenvalue weighted by Crippen LogP contribution is -2.39. The van der Waals surface area contributed by atoms with Gasteiger partial charge >= 0.3 is 0 Å². The van der Waals surface area contributed by atoms with Gasteiger partial charge in [0.1, 0.15) is 18.5 Å². The van der Waals surface area contributed by atoms with E-state index in [-0.39, 0.29) is 43.1 Å². The third-order valence-corrected chi connectivity index (χ3v) is 5.78. The van der Waals surface area contributed by atoms with E-state index in [9.17, 15) is 27.2 Å². The van der Waals surface area contributed by atoms with Crippen molar-refractivity contribution in [1.29, 1.82) is 0 Å².